The van der Waals surface area contributed by atoms with Crippen LogP contribution in [0.1, 0.15) is 21.6 Å². The van der Waals surface area contributed by atoms with Gasteiger partial charge in [-0.1, -0.05) is 18.2 Å². The minimum atomic E-state index is -2.83. The lowest BCUT2D eigenvalue weighted by atomic mass is 10.1. The molecule has 0 radical (unpaired) electrons. The molecule has 0 saturated carbocycles. The average molecular weight is 359 g/mol. The van der Waals surface area contributed by atoms with Crippen molar-refractivity contribution in [1.82, 2.24) is 4.98 Å². The van der Waals surface area contributed by atoms with Gasteiger partial charge >= 0.3 is 6.61 Å². The first-order valence-corrected chi connectivity index (χ1v) is 8.39. The molecular weight excluding hydrogens is 338 g/mol. The van der Waals surface area contributed by atoms with Crippen LogP contribution in [0.15, 0.2) is 48.5 Å². The van der Waals surface area contributed by atoms with Crippen LogP contribution in [0.4, 0.5) is 8.78 Å². The number of H-pyrrole nitrogens is 1. The fraction of sp³-hybridized carbons (Fsp3) is 0.250. The minimum Gasteiger partial charge on any atom is -0.435 e. The van der Waals surface area contributed by atoms with Crippen LogP contribution in [0.2, 0.25) is 0 Å². The maximum Gasteiger partial charge on any atom is 0.387 e. The van der Waals surface area contributed by atoms with E-state index in [-0.39, 0.29) is 11.5 Å². The molecule has 0 aliphatic carbocycles. The van der Waals surface area contributed by atoms with Gasteiger partial charge in [0.25, 0.3) is 0 Å². The Morgan fingerprint density at radius 2 is 1.85 bits per heavy atom. The van der Waals surface area contributed by atoms with Gasteiger partial charge in [0.05, 0.1) is 12.6 Å². The lowest BCUT2D eigenvalue weighted by molar-refractivity contribution is -0.884. The number of hydrogen-bond donors (Lipinski definition) is 2. The van der Waals surface area contributed by atoms with Crippen LogP contribution in [0, 0.1) is 6.92 Å². The summed E-state index contributed by atoms with van der Waals surface area (Å²) in [6.07, 6.45) is 0. The number of quaternary nitrogens is 1. The summed E-state index contributed by atoms with van der Waals surface area (Å²) in [7, 11) is 1.94. The number of nitrogens with one attached hydrogen (secondary N) is 2. The molecule has 6 heteroatoms. The van der Waals surface area contributed by atoms with Gasteiger partial charge in [0.15, 0.2) is 0 Å². The SMILES string of the molecule is Cc1[nH]c2ccccc2c1C(=O)C[NH+](C)Cc1ccc(OC(F)F)cc1. The van der Waals surface area contributed by atoms with Crippen molar-refractivity contribution in [3.05, 3.63) is 65.4 Å². The highest BCUT2D eigenvalue weighted by Gasteiger charge is 2.19. The molecule has 0 spiro atoms. The highest BCUT2D eigenvalue weighted by Crippen LogP contribution is 2.21. The predicted octanol–water partition coefficient (Wildman–Crippen LogP) is 2.98. The first kappa shape index (κ1) is 18.1. The third-order valence-corrected chi connectivity index (χ3v) is 4.29. The van der Waals surface area contributed by atoms with Crippen molar-refractivity contribution in [1.29, 1.82) is 0 Å². The number of rotatable bonds is 7. The maximum atomic E-state index is 12.8. The van der Waals surface area contributed by atoms with E-state index in [1.165, 1.54) is 12.1 Å². The zero-order valence-corrected chi connectivity index (χ0v) is 14.7. The van der Waals surface area contributed by atoms with E-state index < -0.39 is 6.61 Å². The second kappa shape index (κ2) is 7.66. The molecule has 1 atom stereocenters. The molecule has 2 aromatic carbocycles. The quantitative estimate of drug-likeness (QED) is 0.637. The largest absolute Gasteiger partial charge is 0.435 e. The molecule has 1 aromatic heterocycles. The normalized spacial score (nSPS) is 12.5. The Balaban J connectivity index is 1.66. The molecule has 0 bridgehead atoms. The Morgan fingerprint density at radius 3 is 2.54 bits per heavy atom. The van der Waals surface area contributed by atoms with Gasteiger partial charge in [0.2, 0.25) is 5.78 Å². The van der Waals surface area contributed by atoms with Gasteiger partial charge in [-0.15, -0.1) is 0 Å². The summed E-state index contributed by atoms with van der Waals surface area (Å²) >= 11 is 0. The number of ketones is 1. The summed E-state index contributed by atoms with van der Waals surface area (Å²) in [5.41, 5.74) is 3.52. The molecule has 1 unspecified atom stereocenters. The fourth-order valence-electron chi connectivity index (χ4n) is 3.20. The number of para-hydroxylation sites is 1. The topological polar surface area (TPSA) is 46.5 Å². The molecule has 0 amide bonds. The third-order valence-electron chi connectivity index (χ3n) is 4.29. The van der Waals surface area contributed by atoms with Crippen LogP contribution in [0.3, 0.4) is 0 Å². The van der Waals surface area contributed by atoms with Crippen LogP contribution >= 0.6 is 0 Å². The molecule has 0 saturated heterocycles. The summed E-state index contributed by atoms with van der Waals surface area (Å²) in [6.45, 7) is 0.0378. The van der Waals surface area contributed by atoms with Crippen LogP contribution < -0.4 is 9.64 Å². The zero-order chi connectivity index (χ0) is 18.7. The number of hydrogen-bond acceptors (Lipinski definition) is 2. The summed E-state index contributed by atoms with van der Waals surface area (Å²) < 4.78 is 28.7. The van der Waals surface area contributed by atoms with E-state index in [9.17, 15) is 13.6 Å². The number of halogens is 2. The van der Waals surface area contributed by atoms with Crippen molar-refractivity contribution in [2.24, 2.45) is 0 Å². The van der Waals surface area contributed by atoms with E-state index in [0.29, 0.717) is 13.1 Å². The van der Waals surface area contributed by atoms with E-state index in [4.69, 9.17) is 0 Å². The summed E-state index contributed by atoms with van der Waals surface area (Å²) in [5, 5.41) is 0.941. The van der Waals surface area contributed by atoms with Gasteiger partial charge in [-0.05, 0) is 37.3 Å². The van der Waals surface area contributed by atoms with E-state index in [1.807, 2.05) is 38.2 Å². The van der Waals surface area contributed by atoms with Crippen molar-refractivity contribution in [2.45, 2.75) is 20.1 Å². The van der Waals surface area contributed by atoms with E-state index in [2.05, 4.69) is 9.72 Å². The number of aromatic amines is 1. The number of alkyl halides is 2. The number of carbonyl (C=O) groups is 1. The molecular formula is C20H21F2N2O2+. The van der Waals surface area contributed by atoms with Gasteiger partial charge in [0, 0.05) is 22.2 Å². The number of aromatic nitrogens is 1. The molecule has 0 aliphatic rings. The Bertz CT molecular complexity index is 904. The Labute approximate surface area is 150 Å². The highest BCUT2D eigenvalue weighted by molar-refractivity contribution is 6.09. The van der Waals surface area contributed by atoms with Gasteiger partial charge in [0.1, 0.15) is 18.8 Å². The zero-order valence-electron chi connectivity index (χ0n) is 14.7. The standard InChI is InChI=1S/C20H20F2N2O2/c1-13-19(16-5-3-4-6-17(16)23-13)18(25)12-24(2)11-14-7-9-15(10-8-14)26-20(21)22/h3-10,20,23H,11-12H2,1-2H3/p+1. The van der Waals surface area contributed by atoms with Crippen LogP contribution in [-0.4, -0.2) is 31.0 Å². The number of aryl methyl sites for hydroxylation is 1. The van der Waals surface area contributed by atoms with Crippen molar-refractivity contribution < 1.29 is 23.2 Å². The number of fused-ring (bicyclic) bond motifs is 1. The molecule has 0 aliphatic heterocycles. The second-order valence-electron chi connectivity index (χ2n) is 6.43. The Kier molecular flexibility index (Phi) is 5.32. The molecule has 0 fully saturated rings. The van der Waals surface area contributed by atoms with E-state index >= 15 is 0 Å². The third kappa shape index (κ3) is 4.08. The van der Waals surface area contributed by atoms with Crippen LogP contribution in [-0.2, 0) is 6.54 Å². The van der Waals surface area contributed by atoms with Gasteiger partial charge in [-0.2, -0.15) is 8.78 Å². The van der Waals surface area contributed by atoms with Crippen molar-refractivity contribution in [2.75, 3.05) is 13.6 Å². The van der Waals surface area contributed by atoms with Crippen LogP contribution in [0.5, 0.6) is 5.75 Å². The van der Waals surface area contributed by atoms with Gasteiger partial charge in [-0.25, -0.2) is 0 Å². The number of carbonyl (C=O) groups excluding carboxylic acids is 1. The maximum absolute atomic E-state index is 12.8. The number of benzene rings is 2. The first-order valence-electron chi connectivity index (χ1n) is 8.39. The summed E-state index contributed by atoms with van der Waals surface area (Å²) in [6, 6.07) is 14.3. The number of Topliss-reactive ketones (excluding diaryl/α,β-unsaturated/α-hetero) is 1. The monoisotopic (exact) mass is 359 g/mol. The summed E-state index contributed by atoms with van der Waals surface area (Å²) in [5.74, 6) is 0.210. The molecule has 4 nitrogen and oxygen atoms in total. The molecule has 26 heavy (non-hydrogen) atoms. The summed E-state index contributed by atoms with van der Waals surface area (Å²) in [4.78, 5) is 17.0. The highest BCUT2D eigenvalue weighted by atomic mass is 19.3. The fourth-order valence-corrected chi connectivity index (χ4v) is 3.20. The number of ether oxygens (including phenoxy) is 1. The average Bonchev–Trinajstić information content (AvgIpc) is 2.91. The van der Waals surface area contributed by atoms with Crippen molar-refractivity contribution in [3.8, 4) is 5.75 Å². The van der Waals surface area contributed by atoms with Gasteiger partial charge in [-0.3, -0.25) is 4.79 Å². The van der Waals surface area contributed by atoms with E-state index in [0.717, 1.165) is 32.6 Å². The molecule has 1 heterocycles. The molecule has 3 rings (SSSR count). The molecule has 136 valence electrons. The van der Waals surface area contributed by atoms with E-state index in [1.54, 1.807) is 12.1 Å². The lowest BCUT2D eigenvalue weighted by Crippen LogP contribution is -3.08. The smallest absolute Gasteiger partial charge is 0.387 e. The van der Waals surface area contributed by atoms with Crippen LogP contribution in [0.25, 0.3) is 10.9 Å². The first-order chi connectivity index (χ1) is 12.4. The lowest BCUT2D eigenvalue weighted by Gasteiger charge is -2.14. The van der Waals surface area contributed by atoms with Gasteiger partial charge < -0.3 is 14.6 Å². The minimum absolute atomic E-state index is 0.0788. The Morgan fingerprint density at radius 1 is 1.15 bits per heavy atom. The second-order valence-corrected chi connectivity index (χ2v) is 6.43. The van der Waals surface area contributed by atoms with Crippen molar-refractivity contribution in [3.63, 3.8) is 0 Å². The Hall–Kier alpha value is -2.73. The van der Waals surface area contributed by atoms with Crippen molar-refractivity contribution >= 4 is 16.7 Å². The molecule has 3 aromatic rings. The molecule has 2 N–H and O–H groups in total. The predicted molar refractivity (Wildman–Crippen MR) is 95.9 cm³/mol. The number of likely N-dealkylation sites (N-methyl/N-ethyl adjacent to an activating group) is 1.